The summed E-state index contributed by atoms with van der Waals surface area (Å²) in [6.45, 7) is 9.30. The van der Waals surface area contributed by atoms with Crippen molar-refractivity contribution in [3.63, 3.8) is 0 Å². The largest absolute Gasteiger partial charge is 0.318 e. The normalized spacial score (nSPS) is 19.7. The maximum absolute atomic E-state index is 12.1. The van der Waals surface area contributed by atoms with E-state index in [0.717, 1.165) is 0 Å². The van der Waals surface area contributed by atoms with Gasteiger partial charge in [0.2, 0.25) is 11.8 Å². The lowest BCUT2D eigenvalue weighted by Crippen LogP contribution is -2.65. The van der Waals surface area contributed by atoms with E-state index in [2.05, 4.69) is 5.32 Å². The van der Waals surface area contributed by atoms with Crippen molar-refractivity contribution in [2.24, 2.45) is 0 Å². The summed E-state index contributed by atoms with van der Waals surface area (Å²) >= 11 is 1.50. The average molecular weight is 272 g/mol. The minimum Gasteiger partial charge on any atom is -0.318 e. The Labute approximate surface area is 112 Å². The molecule has 0 bridgehead atoms. The fourth-order valence-electron chi connectivity index (χ4n) is 1.54. The van der Waals surface area contributed by atoms with Crippen LogP contribution in [0.4, 0.5) is 0 Å². The Morgan fingerprint density at radius 2 is 1.94 bits per heavy atom. The third-order valence-electron chi connectivity index (χ3n) is 2.71. The number of nitrogens with zero attached hydrogens (tertiary/aromatic N) is 1. The smallest absolute Gasteiger partial charge is 0.252 e. The number of carbonyl (C=O) groups excluding carboxylic acids is 3. The molecule has 0 aromatic carbocycles. The van der Waals surface area contributed by atoms with Crippen LogP contribution in [0.1, 0.15) is 34.6 Å². The van der Waals surface area contributed by atoms with Gasteiger partial charge in [-0.1, -0.05) is 20.8 Å². The van der Waals surface area contributed by atoms with Gasteiger partial charge < -0.3 is 4.90 Å². The second-order valence-electron chi connectivity index (χ2n) is 5.82. The molecule has 0 aliphatic carbocycles. The van der Waals surface area contributed by atoms with Crippen LogP contribution in [0.15, 0.2) is 0 Å². The summed E-state index contributed by atoms with van der Waals surface area (Å²) in [4.78, 5) is 36.5. The topological polar surface area (TPSA) is 66.5 Å². The lowest BCUT2D eigenvalue weighted by atomic mass is 9.99. The van der Waals surface area contributed by atoms with Crippen molar-refractivity contribution in [1.82, 2.24) is 10.2 Å². The number of hydrogen-bond donors (Lipinski definition) is 1. The van der Waals surface area contributed by atoms with Crippen molar-refractivity contribution in [3.05, 3.63) is 0 Å². The number of amides is 3. The SMILES string of the molecule is CC(C)(C)SCC(=O)N1CC(=O)NC(=O)C1(C)C. The molecule has 5 nitrogen and oxygen atoms in total. The summed E-state index contributed by atoms with van der Waals surface area (Å²) in [5, 5.41) is 2.25. The summed E-state index contributed by atoms with van der Waals surface area (Å²) < 4.78 is -0.0259. The molecule has 1 fully saturated rings. The Kier molecular flexibility index (Phi) is 4.10. The number of thioether (sulfide) groups is 1. The Bertz CT molecular complexity index is 385. The van der Waals surface area contributed by atoms with Crippen LogP contribution in [0.3, 0.4) is 0 Å². The average Bonchev–Trinajstić information content (AvgIpc) is 2.19. The molecule has 0 unspecified atom stereocenters. The van der Waals surface area contributed by atoms with E-state index in [1.54, 1.807) is 13.8 Å². The zero-order valence-electron chi connectivity index (χ0n) is 11.5. The van der Waals surface area contributed by atoms with E-state index >= 15 is 0 Å². The first-order valence-electron chi connectivity index (χ1n) is 5.83. The Morgan fingerprint density at radius 1 is 1.39 bits per heavy atom. The molecule has 0 atom stereocenters. The monoisotopic (exact) mass is 272 g/mol. The Hall–Kier alpha value is -1.04. The zero-order valence-corrected chi connectivity index (χ0v) is 12.3. The van der Waals surface area contributed by atoms with Gasteiger partial charge in [-0.25, -0.2) is 0 Å². The third kappa shape index (κ3) is 3.48. The molecule has 0 aromatic rings. The minimum absolute atomic E-state index is 0.0259. The summed E-state index contributed by atoms with van der Waals surface area (Å²) in [6.07, 6.45) is 0. The van der Waals surface area contributed by atoms with Crippen LogP contribution in [-0.2, 0) is 14.4 Å². The van der Waals surface area contributed by atoms with Gasteiger partial charge in [-0.3, -0.25) is 19.7 Å². The molecule has 3 amide bonds. The number of hydrogen-bond acceptors (Lipinski definition) is 4. The molecule has 1 saturated heterocycles. The molecule has 0 radical (unpaired) electrons. The fraction of sp³-hybridized carbons (Fsp3) is 0.750. The number of rotatable bonds is 2. The Morgan fingerprint density at radius 3 is 2.44 bits per heavy atom. The van der Waals surface area contributed by atoms with E-state index in [1.807, 2.05) is 20.8 Å². The van der Waals surface area contributed by atoms with Gasteiger partial charge in [0.25, 0.3) is 5.91 Å². The molecule has 18 heavy (non-hydrogen) atoms. The van der Waals surface area contributed by atoms with Crippen LogP contribution in [-0.4, -0.2) is 45.2 Å². The summed E-state index contributed by atoms with van der Waals surface area (Å²) in [5.41, 5.74) is -0.969. The lowest BCUT2D eigenvalue weighted by molar-refractivity contribution is -0.154. The molecular weight excluding hydrogens is 252 g/mol. The molecular formula is C12H20N2O3S. The van der Waals surface area contributed by atoms with Crippen LogP contribution >= 0.6 is 11.8 Å². The summed E-state index contributed by atoms with van der Waals surface area (Å²) in [7, 11) is 0. The van der Waals surface area contributed by atoms with Crippen LogP contribution in [0.2, 0.25) is 0 Å². The summed E-state index contributed by atoms with van der Waals surface area (Å²) in [5.74, 6) is -0.752. The molecule has 1 rings (SSSR count). The highest BCUT2D eigenvalue weighted by Gasteiger charge is 2.43. The second kappa shape index (κ2) is 4.91. The highest BCUT2D eigenvalue weighted by Crippen LogP contribution is 2.25. The lowest BCUT2D eigenvalue weighted by Gasteiger charge is -2.40. The number of nitrogens with one attached hydrogen (secondary N) is 1. The molecule has 0 aromatic heterocycles. The van der Waals surface area contributed by atoms with Gasteiger partial charge in [0.05, 0.1) is 5.75 Å². The fourth-order valence-corrected chi connectivity index (χ4v) is 2.25. The van der Waals surface area contributed by atoms with E-state index in [1.165, 1.54) is 16.7 Å². The predicted molar refractivity (Wildman–Crippen MR) is 71.2 cm³/mol. The molecule has 1 aliphatic heterocycles. The van der Waals surface area contributed by atoms with Gasteiger partial charge in [0, 0.05) is 4.75 Å². The van der Waals surface area contributed by atoms with E-state index in [-0.39, 0.29) is 23.0 Å². The molecule has 6 heteroatoms. The first-order valence-corrected chi connectivity index (χ1v) is 6.81. The van der Waals surface area contributed by atoms with E-state index in [4.69, 9.17) is 0 Å². The van der Waals surface area contributed by atoms with Gasteiger partial charge in [-0.05, 0) is 13.8 Å². The van der Waals surface area contributed by atoms with Crippen molar-refractivity contribution >= 4 is 29.5 Å². The van der Waals surface area contributed by atoms with Gasteiger partial charge in [0.1, 0.15) is 12.1 Å². The van der Waals surface area contributed by atoms with Gasteiger partial charge in [-0.15, -0.1) is 11.8 Å². The molecule has 0 spiro atoms. The zero-order chi connectivity index (χ0) is 14.1. The van der Waals surface area contributed by atoms with Crippen LogP contribution < -0.4 is 5.32 Å². The van der Waals surface area contributed by atoms with Crippen molar-refractivity contribution in [2.45, 2.75) is 44.9 Å². The maximum atomic E-state index is 12.1. The predicted octanol–water partition coefficient (Wildman–Crippen LogP) is 0.782. The first-order chi connectivity index (χ1) is 8.04. The maximum Gasteiger partial charge on any atom is 0.252 e. The van der Waals surface area contributed by atoms with Gasteiger partial charge in [0.15, 0.2) is 0 Å². The van der Waals surface area contributed by atoms with Crippen LogP contribution in [0.25, 0.3) is 0 Å². The number of carbonyl (C=O) groups is 3. The number of imide groups is 1. The van der Waals surface area contributed by atoms with Gasteiger partial charge >= 0.3 is 0 Å². The third-order valence-corrected chi connectivity index (χ3v) is 3.97. The molecule has 1 aliphatic rings. The van der Waals surface area contributed by atoms with Crippen molar-refractivity contribution in [2.75, 3.05) is 12.3 Å². The standard InChI is InChI=1S/C12H20N2O3S/c1-11(2,3)18-7-9(16)14-6-8(15)13-10(17)12(14,4)5/h6-7H2,1-5H3,(H,13,15,17). The molecule has 1 heterocycles. The highest BCUT2D eigenvalue weighted by atomic mass is 32.2. The second-order valence-corrected chi connectivity index (χ2v) is 7.62. The van der Waals surface area contributed by atoms with Crippen molar-refractivity contribution < 1.29 is 14.4 Å². The van der Waals surface area contributed by atoms with Crippen LogP contribution in [0, 0.1) is 0 Å². The van der Waals surface area contributed by atoms with Gasteiger partial charge in [-0.2, -0.15) is 0 Å². The van der Waals surface area contributed by atoms with Crippen molar-refractivity contribution in [1.29, 1.82) is 0 Å². The number of piperazine rings is 1. The minimum atomic E-state index is -0.969. The van der Waals surface area contributed by atoms with Crippen LogP contribution in [0.5, 0.6) is 0 Å². The molecule has 0 saturated carbocycles. The first kappa shape index (κ1) is 15.0. The molecule has 1 N–H and O–H groups in total. The molecule has 102 valence electrons. The Balaban J connectivity index is 2.76. The summed E-state index contributed by atoms with van der Waals surface area (Å²) in [6, 6.07) is 0. The quantitative estimate of drug-likeness (QED) is 0.754. The highest BCUT2D eigenvalue weighted by molar-refractivity contribution is 8.01. The van der Waals surface area contributed by atoms with E-state index in [9.17, 15) is 14.4 Å². The van der Waals surface area contributed by atoms with Crippen molar-refractivity contribution in [3.8, 4) is 0 Å². The van der Waals surface area contributed by atoms with E-state index in [0.29, 0.717) is 0 Å². The van der Waals surface area contributed by atoms with E-state index < -0.39 is 17.4 Å².